The van der Waals surface area contributed by atoms with E-state index in [0.717, 1.165) is 27.4 Å². The first-order valence-electron chi connectivity index (χ1n) is 7.73. The minimum absolute atomic E-state index is 0.586. The third-order valence-electron chi connectivity index (χ3n) is 3.82. The monoisotopic (exact) mass is 382 g/mol. The average Bonchev–Trinajstić information content (AvgIpc) is 2.54. The van der Waals surface area contributed by atoms with Crippen LogP contribution in [-0.2, 0) is 0 Å². The smallest absolute Gasteiger partial charge is 0.229 e. The number of hydrogen-bond donors (Lipinski definition) is 2. The Morgan fingerprint density at radius 2 is 1.62 bits per heavy atom. The number of anilines is 4. The van der Waals surface area contributed by atoms with Crippen LogP contribution in [0.4, 0.5) is 23.1 Å². The summed E-state index contributed by atoms with van der Waals surface area (Å²) in [6.45, 7) is 6.15. The van der Waals surface area contributed by atoms with Gasteiger partial charge in [-0.1, -0.05) is 28.1 Å². The van der Waals surface area contributed by atoms with E-state index in [1.165, 1.54) is 11.1 Å². The average molecular weight is 383 g/mol. The standard InChI is InChI=1S/C19H19BrN4/c1-12-5-4-6-17(14(12)3)23-19-21-13(2)11-18(24-19)22-16-9-7-15(20)8-10-16/h4-11H,1-3H3,(H2,21,22,23,24). The van der Waals surface area contributed by atoms with Crippen molar-refractivity contribution in [2.45, 2.75) is 20.8 Å². The summed E-state index contributed by atoms with van der Waals surface area (Å²) in [6, 6.07) is 16.1. The fourth-order valence-corrected chi connectivity index (χ4v) is 2.64. The van der Waals surface area contributed by atoms with Gasteiger partial charge in [0, 0.05) is 27.6 Å². The molecule has 0 unspecified atom stereocenters. The highest BCUT2D eigenvalue weighted by Gasteiger charge is 2.06. The second-order valence-electron chi connectivity index (χ2n) is 5.72. The fraction of sp³-hybridized carbons (Fsp3) is 0.158. The molecule has 1 heterocycles. The van der Waals surface area contributed by atoms with Crippen molar-refractivity contribution in [3.8, 4) is 0 Å². The van der Waals surface area contributed by atoms with Gasteiger partial charge < -0.3 is 10.6 Å². The molecule has 1 aromatic heterocycles. The molecular weight excluding hydrogens is 364 g/mol. The van der Waals surface area contributed by atoms with Crippen LogP contribution in [0.15, 0.2) is 53.0 Å². The molecule has 0 bridgehead atoms. The van der Waals surface area contributed by atoms with E-state index < -0.39 is 0 Å². The van der Waals surface area contributed by atoms with Crippen molar-refractivity contribution in [2.24, 2.45) is 0 Å². The van der Waals surface area contributed by atoms with Gasteiger partial charge >= 0.3 is 0 Å². The van der Waals surface area contributed by atoms with Crippen LogP contribution in [0.3, 0.4) is 0 Å². The van der Waals surface area contributed by atoms with Crippen molar-refractivity contribution in [1.82, 2.24) is 9.97 Å². The van der Waals surface area contributed by atoms with E-state index in [1.54, 1.807) is 0 Å². The molecule has 0 aliphatic carbocycles. The highest BCUT2D eigenvalue weighted by Crippen LogP contribution is 2.23. The number of nitrogens with one attached hydrogen (secondary N) is 2. The van der Waals surface area contributed by atoms with Crippen LogP contribution in [-0.4, -0.2) is 9.97 Å². The Labute approximate surface area is 150 Å². The molecule has 0 amide bonds. The molecule has 0 saturated heterocycles. The molecule has 4 nitrogen and oxygen atoms in total. The van der Waals surface area contributed by atoms with Gasteiger partial charge in [-0.15, -0.1) is 0 Å². The van der Waals surface area contributed by atoms with E-state index >= 15 is 0 Å². The normalized spacial score (nSPS) is 10.5. The summed E-state index contributed by atoms with van der Waals surface area (Å²) in [5.74, 6) is 1.35. The Morgan fingerprint density at radius 3 is 2.38 bits per heavy atom. The molecule has 0 radical (unpaired) electrons. The van der Waals surface area contributed by atoms with Crippen molar-refractivity contribution in [3.63, 3.8) is 0 Å². The Bertz CT molecular complexity index is 860. The predicted octanol–water partition coefficient (Wildman–Crippen LogP) is 5.65. The third-order valence-corrected chi connectivity index (χ3v) is 4.35. The molecule has 2 N–H and O–H groups in total. The lowest BCUT2D eigenvalue weighted by molar-refractivity contribution is 1.10. The maximum atomic E-state index is 4.57. The van der Waals surface area contributed by atoms with Crippen LogP contribution >= 0.6 is 15.9 Å². The molecular formula is C19H19BrN4. The van der Waals surface area contributed by atoms with Gasteiger partial charge in [-0.3, -0.25) is 0 Å². The number of aromatic nitrogens is 2. The minimum atomic E-state index is 0.586. The molecule has 2 aromatic carbocycles. The van der Waals surface area contributed by atoms with Gasteiger partial charge in [0.05, 0.1) is 0 Å². The zero-order chi connectivity index (χ0) is 17.1. The first kappa shape index (κ1) is 16.5. The molecule has 24 heavy (non-hydrogen) atoms. The molecule has 5 heteroatoms. The Kier molecular flexibility index (Phi) is 4.81. The van der Waals surface area contributed by atoms with Crippen molar-refractivity contribution in [2.75, 3.05) is 10.6 Å². The number of halogens is 1. The van der Waals surface area contributed by atoms with E-state index in [0.29, 0.717) is 5.95 Å². The van der Waals surface area contributed by atoms with Crippen molar-refractivity contribution in [3.05, 3.63) is 69.8 Å². The lowest BCUT2D eigenvalue weighted by Crippen LogP contribution is -2.03. The van der Waals surface area contributed by atoms with E-state index in [1.807, 2.05) is 49.4 Å². The maximum absolute atomic E-state index is 4.57. The summed E-state index contributed by atoms with van der Waals surface area (Å²) in [6.07, 6.45) is 0. The summed E-state index contributed by atoms with van der Waals surface area (Å²) >= 11 is 3.44. The van der Waals surface area contributed by atoms with Gasteiger partial charge in [0.15, 0.2) is 0 Å². The van der Waals surface area contributed by atoms with Crippen molar-refractivity contribution < 1.29 is 0 Å². The van der Waals surface area contributed by atoms with Gasteiger partial charge in [0.25, 0.3) is 0 Å². The number of rotatable bonds is 4. The van der Waals surface area contributed by atoms with Crippen molar-refractivity contribution in [1.29, 1.82) is 0 Å². The molecule has 0 saturated carbocycles. The first-order chi connectivity index (χ1) is 11.5. The molecule has 3 rings (SSSR count). The van der Waals surface area contributed by atoms with Crippen LogP contribution in [0.2, 0.25) is 0 Å². The lowest BCUT2D eigenvalue weighted by Gasteiger charge is -2.12. The van der Waals surface area contributed by atoms with Gasteiger partial charge in [-0.05, 0) is 62.2 Å². The molecule has 0 fully saturated rings. The predicted molar refractivity (Wildman–Crippen MR) is 103 cm³/mol. The summed E-state index contributed by atoms with van der Waals surface area (Å²) in [5.41, 5.74) is 5.34. The van der Waals surface area contributed by atoms with Crippen LogP contribution in [0, 0.1) is 20.8 Å². The number of nitrogens with zero attached hydrogens (tertiary/aromatic N) is 2. The lowest BCUT2D eigenvalue weighted by atomic mass is 10.1. The van der Waals surface area contributed by atoms with Crippen LogP contribution in [0.25, 0.3) is 0 Å². The number of benzene rings is 2. The van der Waals surface area contributed by atoms with Crippen LogP contribution < -0.4 is 10.6 Å². The second kappa shape index (κ2) is 7.01. The van der Waals surface area contributed by atoms with Crippen LogP contribution in [0.1, 0.15) is 16.8 Å². The summed E-state index contributed by atoms with van der Waals surface area (Å²) in [5, 5.41) is 6.63. The topological polar surface area (TPSA) is 49.8 Å². The minimum Gasteiger partial charge on any atom is -0.340 e. The summed E-state index contributed by atoms with van der Waals surface area (Å²) < 4.78 is 1.05. The van der Waals surface area contributed by atoms with E-state index in [2.05, 4.69) is 56.4 Å². The summed E-state index contributed by atoms with van der Waals surface area (Å²) in [7, 11) is 0. The number of hydrogen-bond acceptors (Lipinski definition) is 4. The van der Waals surface area contributed by atoms with Gasteiger partial charge in [0.2, 0.25) is 5.95 Å². The maximum Gasteiger partial charge on any atom is 0.229 e. The molecule has 3 aromatic rings. The molecule has 0 spiro atoms. The van der Waals surface area contributed by atoms with E-state index in [-0.39, 0.29) is 0 Å². The SMILES string of the molecule is Cc1cc(Nc2ccc(Br)cc2)nc(Nc2cccc(C)c2C)n1. The highest BCUT2D eigenvalue weighted by molar-refractivity contribution is 9.10. The van der Waals surface area contributed by atoms with Gasteiger partial charge in [0.1, 0.15) is 5.82 Å². The summed E-state index contributed by atoms with van der Waals surface area (Å²) in [4.78, 5) is 9.06. The van der Waals surface area contributed by atoms with E-state index in [9.17, 15) is 0 Å². The Hall–Kier alpha value is -2.40. The largest absolute Gasteiger partial charge is 0.340 e. The Morgan fingerprint density at radius 1 is 0.875 bits per heavy atom. The van der Waals surface area contributed by atoms with Crippen molar-refractivity contribution >= 4 is 39.1 Å². The van der Waals surface area contributed by atoms with E-state index in [4.69, 9.17) is 0 Å². The van der Waals surface area contributed by atoms with Crippen LogP contribution in [0.5, 0.6) is 0 Å². The molecule has 0 aliphatic rings. The quantitative estimate of drug-likeness (QED) is 0.611. The highest BCUT2D eigenvalue weighted by atomic mass is 79.9. The Balaban J connectivity index is 1.86. The fourth-order valence-electron chi connectivity index (χ4n) is 2.38. The molecule has 122 valence electrons. The second-order valence-corrected chi connectivity index (χ2v) is 6.64. The molecule has 0 atom stereocenters. The zero-order valence-corrected chi connectivity index (χ0v) is 15.5. The van der Waals surface area contributed by atoms with Gasteiger partial charge in [-0.25, -0.2) is 4.98 Å². The van der Waals surface area contributed by atoms with Gasteiger partial charge in [-0.2, -0.15) is 4.98 Å². The third kappa shape index (κ3) is 3.92. The zero-order valence-electron chi connectivity index (χ0n) is 13.9. The number of aryl methyl sites for hydroxylation is 2. The first-order valence-corrected chi connectivity index (χ1v) is 8.52. The molecule has 0 aliphatic heterocycles.